The molecule has 0 saturated heterocycles. The molecule has 5 nitrogen and oxygen atoms in total. The van der Waals surface area contributed by atoms with E-state index in [2.05, 4.69) is 30.9 Å². The van der Waals surface area contributed by atoms with Crippen LogP contribution in [0, 0.1) is 0 Å². The Balaban J connectivity index is 0.000000158. The second kappa shape index (κ2) is 9.26. The van der Waals surface area contributed by atoms with Crippen LogP contribution < -0.4 is 9.47 Å². The molecular weight excluding hydrogens is 506 g/mol. The lowest BCUT2D eigenvalue weighted by Gasteiger charge is -1.96. The van der Waals surface area contributed by atoms with Crippen molar-refractivity contribution in [1.82, 2.24) is 15.0 Å². The molecule has 0 spiro atoms. The van der Waals surface area contributed by atoms with Crippen molar-refractivity contribution in [3.05, 3.63) is 63.8 Å². The third-order valence-electron chi connectivity index (χ3n) is 4.14. The maximum absolute atomic E-state index is 5.77. The smallest absolute Gasteiger partial charge is 0.160 e. The highest BCUT2D eigenvalue weighted by atomic mass is 79.9. The Morgan fingerprint density at radius 2 is 1.47 bits per heavy atom. The van der Waals surface area contributed by atoms with E-state index in [-0.39, 0.29) is 0 Å². The van der Waals surface area contributed by atoms with Gasteiger partial charge >= 0.3 is 0 Å². The van der Waals surface area contributed by atoms with Gasteiger partial charge in [-0.15, -0.1) is 22.7 Å². The second-order valence-electron chi connectivity index (χ2n) is 6.02. The van der Waals surface area contributed by atoms with E-state index in [9.17, 15) is 0 Å². The summed E-state index contributed by atoms with van der Waals surface area (Å²) < 4.78 is 13.4. The van der Waals surface area contributed by atoms with Crippen LogP contribution >= 0.6 is 50.2 Å². The van der Waals surface area contributed by atoms with Gasteiger partial charge in [-0.1, -0.05) is 11.6 Å². The third-order valence-corrected chi connectivity index (χ3v) is 6.90. The van der Waals surface area contributed by atoms with Crippen molar-refractivity contribution in [3.8, 4) is 22.1 Å². The van der Waals surface area contributed by atoms with Crippen LogP contribution in [0.3, 0.4) is 0 Å². The van der Waals surface area contributed by atoms with Crippen molar-refractivity contribution in [2.45, 2.75) is 0 Å². The van der Waals surface area contributed by atoms with Gasteiger partial charge in [-0.3, -0.25) is 0 Å². The highest BCUT2D eigenvalue weighted by Gasteiger charge is 2.07. The number of aromatic nitrogens is 3. The van der Waals surface area contributed by atoms with E-state index in [0.717, 1.165) is 46.4 Å². The molecule has 0 fully saturated rings. The maximum Gasteiger partial charge on any atom is 0.160 e. The molecule has 30 heavy (non-hydrogen) atoms. The van der Waals surface area contributed by atoms with Crippen LogP contribution in [-0.4, -0.2) is 29.2 Å². The summed E-state index contributed by atoms with van der Waals surface area (Å²) in [5.74, 6) is 1.71. The molecule has 0 radical (unpaired) electrons. The first-order chi connectivity index (χ1) is 14.6. The van der Waals surface area contributed by atoms with Gasteiger partial charge < -0.3 is 9.47 Å². The molecule has 0 aliphatic carbocycles. The molecule has 0 aliphatic rings. The average molecular weight is 521 g/mol. The molecule has 0 bridgehead atoms. The van der Waals surface area contributed by atoms with Gasteiger partial charge in [0.1, 0.15) is 21.7 Å². The minimum absolute atomic E-state index is 0.488. The number of methoxy groups -OCH3 is 2. The molecule has 0 atom stereocenters. The number of benzene rings is 2. The Morgan fingerprint density at radius 3 is 2.07 bits per heavy atom. The van der Waals surface area contributed by atoms with Gasteiger partial charge in [0.2, 0.25) is 0 Å². The minimum atomic E-state index is 0.488. The van der Waals surface area contributed by atoms with Gasteiger partial charge in [-0.2, -0.15) is 0 Å². The molecule has 3 heterocycles. The maximum atomic E-state index is 5.77. The average Bonchev–Trinajstić information content (AvgIpc) is 3.35. The first-order valence-corrected chi connectivity index (χ1v) is 11.5. The number of hydrogen-bond acceptors (Lipinski definition) is 7. The first kappa shape index (κ1) is 21.0. The topological polar surface area (TPSA) is 57.1 Å². The summed E-state index contributed by atoms with van der Waals surface area (Å²) in [7, 11) is 3.32. The van der Waals surface area contributed by atoms with Crippen LogP contribution in [0.15, 0.2) is 58.6 Å². The van der Waals surface area contributed by atoms with Crippen LogP contribution in [0.25, 0.3) is 31.0 Å². The van der Waals surface area contributed by atoms with Crippen molar-refractivity contribution in [2.75, 3.05) is 14.2 Å². The Morgan fingerprint density at radius 1 is 0.833 bits per heavy atom. The molecule has 5 aromatic rings. The molecule has 0 saturated carbocycles. The van der Waals surface area contributed by atoms with E-state index in [1.165, 1.54) is 0 Å². The van der Waals surface area contributed by atoms with Gasteiger partial charge in [0, 0.05) is 11.8 Å². The van der Waals surface area contributed by atoms with Gasteiger partial charge in [0.25, 0.3) is 0 Å². The molecule has 5 rings (SSSR count). The Labute approximate surface area is 194 Å². The lowest BCUT2D eigenvalue weighted by atomic mass is 10.3. The Kier molecular flexibility index (Phi) is 6.48. The fourth-order valence-electron chi connectivity index (χ4n) is 2.66. The zero-order valence-corrected chi connectivity index (χ0v) is 19.9. The van der Waals surface area contributed by atoms with Crippen LogP contribution in [0.5, 0.6) is 11.5 Å². The summed E-state index contributed by atoms with van der Waals surface area (Å²) in [6.07, 6.45) is 1.73. The zero-order chi connectivity index (χ0) is 21.1. The second-order valence-corrected chi connectivity index (χ2v) is 9.75. The highest BCUT2D eigenvalue weighted by molar-refractivity contribution is 9.11. The van der Waals surface area contributed by atoms with E-state index in [4.69, 9.17) is 21.1 Å². The van der Waals surface area contributed by atoms with Crippen LogP contribution in [0.1, 0.15) is 0 Å². The van der Waals surface area contributed by atoms with Gasteiger partial charge in [-0.25, -0.2) is 15.0 Å². The number of nitrogens with zero attached hydrogens (tertiary/aromatic N) is 3. The van der Waals surface area contributed by atoms with Crippen molar-refractivity contribution >= 4 is 70.6 Å². The molecule has 9 heteroatoms. The summed E-state index contributed by atoms with van der Waals surface area (Å²) in [4.78, 5) is 12.9. The predicted molar refractivity (Wildman–Crippen MR) is 128 cm³/mol. The van der Waals surface area contributed by atoms with Crippen molar-refractivity contribution in [1.29, 1.82) is 0 Å². The van der Waals surface area contributed by atoms with Crippen molar-refractivity contribution in [3.63, 3.8) is 0 Å². The van der Waals surface area contributed by atoms with E-state index in [0.29, 0.717) is 5.15 Å². The van der Waals surface area contributed by atoms with Crippen LogP contribution in [-0.2, 0) is 0 Å². The highest BCUT2D eigenvalue weighted by Crippen LogP contribution is 2.32. The standard InChI is InChI=1S/C13H9ClN2OS.C8H6BrNOS/c1-17-9-3-4-10-11(6-9)18-13(16-10)8-2-5-12(14)15-7-8;1-11-5-2-3-6-7(4-5)12-8(9)10-6/h2-7H,1H3;2-4H,1H3. The monoisotopic (exact) mass is 519 g/mol. The van der Waals surface area contributed by atoms with Gasteiger partial charge in [-0.05, 0) is 64.5 Å². The van der Waals surface area contributed by atoms with Gasteiger partial charge in [0.15, 0.2) is 3.92 Å². The van der Waals surface area contributed by atoms with E-state index < -0.39 is 0 Å². The SMILES string of the molecule is COc1ccc2nc(-c3ccc(Cl)nc3)sc2c1.COc1ccc2nc(Br)sc2c1. The number of pyridine rings is 1. The number of ether oxygens (including phenoxy) is 2. The molecule has 152 valence electrons. The molecule has 0 N–H and O–H groups in total. The Hall–Kier alpha value is -2.26. The number of rotatable bonds is 3. The Bertz CT molecular complexity index is 1310. The summed E-state index contributed by atoms with van der Waals surface area (Å²) in [5, 5.41) is 1.42. The fourth-order valence-corrected chi connectivity index (χ4v) is 5.19. The largest absolute Gasteiger partial charge is 0.497 e. The third kappa shape index (κ3) is 4.73. The molecule has 0 amide bonds. The number of halogens is 2. The normalized spacial score (nSPS) is 10.7. The summed E-state index contributed by atoms with van der Waals surface area (Å²) in [6.45, 7) is 0. The van der Waals surface area contributed by atoms with Crippen LogP contribution in [0.4, 0.5) is 0 Å². The van der Waals surface area contributed by atoms with E-state index in [1.807, 2.05) is 42.5 Å². The number of thiazole rings is 2. The number of hydrogen-bond donors (Lipinski definition) is 0. The predicted octanol–water partition coefficient (Wildman–Crippen LogP) is 7.09. The lowest BCUT2D eigenvalue weighted by molar-refractivity contribution is 0.415. The van der Waals surface area contributed by atoms with Crippen molar-refractivity contribution < 1.29 is 9.47 Å². The first-order valence-electron chi connectivity index (χ1n) is 8.72. The summed E-state index contributed by atoms with van der Waals surface area (Å²) >= 11 is 12.3. The molecular formula is C21H15BrClN3O2S2. The molecule has 2 aromatic carbocycles. The van der Waals surface area contributed by atoms with Crippen LogP contribution in [0.2, 0.25) is 5.15 Å². The fraction of sp³-hybridized carbons (Fsp3) is 0.0952. The lowest BCUT2D eigenvalue weighted by Crippen LogP contribution is -1.80. The molecule has 0 aliphatic heterocycles. The van der Waals surface area contributed by atoms with Crippen molar-refractivity contribution in [2.24, 2.45) is 0 Å². The minimum Gasteiger partial charge on any atom is -0.497 e. The van der Waals surface area contributed by atoms with E-state index in [1.54, 1.807) is 49.2 Å². The zero-order valence-electron chi connectivity index (χ0n) is 15.9. The summed E-state index contributed by atoms with van der Waals surface area (Å²) in [6, 6.07) is 15.4. The number of fused-ring (bicyclic) bond motifs is 2. The summed E-state index contributed by atoms with van der Waals surface area (Å²) in [5.41, 5.74) is 2.94. The molecule has 3 aromatic heterocycles. The molecule has 0 unspecified atom stereocenters. The van der Waals surface area contributed by atoms with E-state index >= 15 is 0 Å². The quantitative estimate of drug-likeness (QED) is 0.238. The van der Waals surface area contributed by atoms with Gasteiger partial charge in [0.05, 0.1) is 34.7 Å².